The molecule has 2 aromatic rings. The van der Waals surface area contributed by atoms with E-state index in [2.05, 4.69) is 0 Å². The largest absolute Gasteiger partial charge is 0.443 e. The molecule has 0 spiro atoms. The smallest absolute Gasteiger partial charge is 0.418 e. The fraction of sp³-hybridized carbons (Fsp3) is 0.357. The van der Waals surface area contributed by atoms with Gasteiger partial charge < -0.3 is 4.74 Å². The first-order chi connectivity index (χ1) is 9.17. The van der Waals surface area contributed by atoms with Crippen molar-refractivity contribution < 1.29 is 22.7 Å². The molecule has 6 heteroatoms. The number of benzene rings is 1. The standard InChI is InChI=1S/C14H14F3NO2/c1-14(2,3)20-13(19)18-6-8-4-10(12(16)17)11(15)5-9(8)7-18/h4-7,12H,1-3H3. The van der Waals surface area contributed by atoms with Crippen molar-refractivity contribution in [3.8, 4) is 0 Å². The highest BCUT2D eigenvalue weighted by atomic mass is 19.3. The van der Waals surface area contributed by atoms with Crippen LogP contribution in [0.5, 0.6) is 0 Å². The molecule has 0 unspecified atom stereocenters. The van der Waals surface area contributed by atoms with E-state index < -0.39 is 29.5 Å². The van der Waals surface area contributed by atoms with E-state index >= 15 is 0 Å². The predicted molar refractivity (Wildman–Crippen MR) is 68.5 cm³/mol. The first kappa shape index (κ1) is 14.4. The summed E-state index contributed by atoms with van der Waals surface area (Å²) < 4.78 is 44.9. The van der Waals surface area contributed by atoms with Gasteiger partial charge in [-0.1, -0.05) is 0 Å². The Morgan fingerprint density at radius 3 is 2.25 bits per heavy atom. The number of ether oxygens (including phenoxy) is 1. The van der Waals surface area contributed by atoms with E-state index in [-0.39, 0.29) is 0 Å². The third-order valence-corrected chi connectivity index (χ3v) is 2.60. The highest BCUT2D eigenvalue weighted by Crippen LogP contribution is 2.27. The molecule has 2 rings (SSSR count). The lowest BCUT2D eigenvalue weighted by atomic mass is 10.1. The van der Waals surface area contributed by atoms with Crippen LogP contribution in [0.1, 0.15) is 32.8 Å². The number of alkyl halides is 2. The minimum Gasteiger partial charge on any atom is -0.443 e. The molecule has 108 valence electrons. The molecule has 0 radical (unpaired) electrons. The molecule has 0 aliphatic heterocycles. The zero-order valence-electron chi connectivity index (χ0n) is 11.3. The van der Waals surface area contributed by atoms with Gasteiger partial charge in [0.2, 0.25) is 0 Å². The van der Waals surface area contributed by atoms with Crippen LogP contribution in [-0.2, 0) is 4.74 Å². The Kier molecular flexibility index (Phi) is 3.50. The Hall–Kier alpha value is -1.98. The first-order valence-corrected chi connectivity index (χ1v) is 6.00. The van der Waals surface area contributed by atoms with E-state index in [0.717, 1.165) is 16.7 Å². The quantitative estimate of drug-likeness (QED) is 0.772. The van der Waals surface area contributed by atoms with E-state index in [0.29, 0.717) is 10.8 Å². The lowest BCUT2D eigenvalue weighted by Gasteiger charge is -2.19. The Morgan fingerprint density at radius 2 is 1.75 bits per heavy atom. The molecule has 0 fully saturated rings. The summed E-state index contributed by atoms with van der Waals surface area (Å²) in [6, 6.07) is 2.02. The van der Waals surface area contributed by atoms with Crippen molar-refractivity contribution >= 4 is 16.9 Å². The zero-order valence-corrected chi connectivity index (χ0v) is 11.3. The first-order valence-electron chi connectivity index (χ1n) is 6.00. The van der Waals surface area contributed by atoms with Gasteiger partial charge in [-0.2, -0.15) is 0 Å². The molecule has 3 nitrogen and oxygen atoms in total. The monoisotopic (exact) mass is 285 g/mol. The van der Waals surface area contributed by atoms with Gasteiger partial charge in [0.05, 0.1) is 5.56 Å². The van der Waals surface area contributed by atoms with Crippen LogP contribution in [0.15, 0.2) is 24.5 Å². The minimum atomic E-state index is -2.90. The Morgan fingerprint density at radius 1 is 1.20 bits per heavy atom. The predicted octanol–water partition coefficient (Wildman–Crippen LogP) is 4.50. The topological polar surface area (TPSA) is 31.2 Å². The van der Waals surface area contributed by atoms with Crippen molar-refractivity contribution in [3.05, 3.63) is 35.9 Å². The summed E-state index contributed by atoms with van der Waals surface area (Å²) in [5.41, 5.74) is -1.35. The summed E-state index contributed by atoms with van der Waals surface area (Å²) >= 11 is 0. The summed E-state index contributed by atoms with van der Waals surface area (Å²) in [6.07, 6.45) is -0.854. The maximum atomic E-state index is 13.4. The van der Waals surface area contributed by atoms with Gasteiger partial charge in [0, 0.05) is 23.2 Å². The van der Waals surface area contributed by atoms with Crippen LogP contribution in [-0.4, -0.2) is 16.3 Å². The van der Waals surface area contributed by atoms with Crippen molar-refractivity contribution in [2.45, 2.75) is 32.8 Å². The van der Waals surface area contributed by atoms with Crippen molar-refractivity contribution in [2.24, 2.45) is 0 Å². The van der Waals surface area contributed by atoms with Crippen LogP contribution >= 0.6 is 0 Å². The third kappa shape index (κ3) is 2.95. The molecule has 0 atom stereocenters. The van der Waals surface area contributed by atoms with Gasteiger partial charge in [-0.05, 0) is 32.9 Å². The van der Waals surface area contributed by atoms with Gasteiger partial charge in [0.1, 0.15) is 11.4 Å². The van der Waals surface area contributed by atoms with Gasteiger partial charge in [0.25, 0.3) is 6.43 Å². The molecule has 0 amide bonds. The molecule has 0 saturated carbocycles. The van der Waals surface area contributed by atoms with Crippen molar-refractivity contribution in [2.75, 3.05) is 0 Å². The fourth-order valence-corrected chi connectivity index (χ4v) is 1.77. The number of hydrogen-bond acceptors (Lipinski definition) is 2. The molecule has 0 saturated heterocycles. The third-order valence-electron chi connectivity index (χ3n) is 2.60. The molecule has 20 heavy (non-hydrogen) atoms. The maximum Gasteiger partial charge on any atom is 0.418 e. The van der Waals surface area contributed by atoms with Crippen LogP contribution in [0.3, 0.4) is 0 Å². The normalized spacial score (nSPS) is 12.2. The second kappa shape index (κ2) is 4.85. The van der Waals surface area contributed by atoms with Gasteiger partial charge in [-0.15, -0.1) is 0 Å². The number of carbonyl (C=O) groups excluding carboxylic acids is 1. The summed E-state index contributed by atoms with van der Waals surface area (Å²) in [5, 5.41) is 0.713. The molecule has 0 aliphatic carbocycles. The molecule has 1 heterocycles. The molecule has 0 N–H and O–H groups in total. The zero-order chi connectivity index (χ0) is 15.1. The molecule has 1 aromatic heterocycles. The maximum absolute atomic E-state index is 13.4. The number of fused-ring (bicyclic) bond motifs is 1. The summed E-state index contributed by atoms with van der Waals surface area (Å²) in [5.74, 6) is -0.991. The van der Waals surface area contributed by atoms with E-state index in [1.807, 2.05) is 0 Å². The Balaban J connectivity index is 2.41. The van der Waals surface area contributed by atoms with Gasteiger partial charge in [-0.25, -0.2) is 18.0 Å². The lowest BCUT2D eigenvalue weighted by molar-refractivity contribution is 0.0538. The number of nitrogens with zero attached hydrogens (tertiary/aromatic N) is 1. The van der Waals surface area contributed by atoms with E-state index in [4.69, 9.17) is 4.74 Å². The molecule has 1 aromatic carbocycles. The lowest BCUT2D eigenvalue weighted by Crippen LogP contribution is -2.26. The number of hydrogen-bond donors (Lipinski definition) is 0. The van der Waals surface area contributed by atoms with E-state index in [1.165, 1.54) is 12.4 Å². The minimum absolute atomic E-state index is 0.354. The van der Waals surface area contributed by atoms with Gasteiger partial charge in [-0.3, -0.25) is 4.57 Å². The van der Waals surface area contributed by atoms with Crippen LogP contribution < -0.4 is 0 Å². The number of rotatable bonds is 1. The summed E-state index contributed by atoms with van der Waals surface area (Å²) in [7, 11) is 0. The summed E-state index contributed by atoms with van der Waals surface area (Å²) in [6.45, 7) is 5.13. The van der Waals surface area contributed by atoms with Gasteiger partial charge >= 0.3 is 6.09 Å². The second-order valence-electron chi connectivity index (χ2n) is 5.45. The van der Waals surface area contributed by atoms with Crippen molar-refractivity contribution in [1.29, 1.82) is 0 Å². The number of aromatic nitrogens is 1. The van der Waals surface area contributed by atoms with Crippen molar-refractivity contribution in [3.63, 3.8) is 0 Å². The highest BCUT2D eigenvalue weighted by Gasteiger charge is 2.19. The summed E-state index contributed by atoms with van der Waals surface area (Å²) in [4.78, 5) is 11.8. The van der Waals surface area contributed by atoms with Crippen molar-refractivity contribution in [1.82, 2.24) is 4.57 Å². The van der Waals surface area contributed by atoms with Gasteiger partial charge in [0.15, 0.2) is 0 Å². The van der Waals surface area contributed by atoms with Crippen LogP contribution in [0.4, 0.5) is 18.0 Å². The van der Waals surface area contributed by atoms with Crippen LogP contribution in [0, 0.1) is 5.82 Å². The fourth-order valence-electron chi connectivity index (χ4n) is 1.77. The molecule has 0 aliphatic rings. The average molecular weight is 285 g/mol. The Bertz CT molecular complexity index is 656. The second-order valence-corrected chi connectivity index (χ2v) is 5.45. The van der Waals surface area contributed by atoms with E-state index in [9.17, 15) is 18.0 Å². The molecular weight excluding hydrogens is 271 g/mol. The van der Waals surface area contributed by atoms with Crippen LogP contribution in [0.25, 0.3) is 10.8 Å². The number of halogens is 3. The SMILES string of the molecule is CC(C)(C)OC(=O)n1cc2cc(F)c(C(F)F)cc2c1. The number of carbonyl (C=O) groups is 1. The highest BCUT2D eigenvalue weighted by molar-refractivity contribution is 5.87. The molecular formula is C14H14F3NO2. The average Bonchev–Trinajstić information content (AvgIpc) is 2.68. The molecule has 0 bridgehead atoms. The Labute approximate surface area is 113 Å². The van der Waals surface area contributed by atoms with Crippen LogP contribution in [0.2, 0.25) is 0 Å². The van der Waals surface area contributed by atoms with E-state index in [1.54, 1.807) is 20.8 Å².